The number of benzene rings is 1. The predicted molar refractivity (Wildman–Crippen MR) is 65.7 cm³/mol. The standard InChI is InChI=1S/C10H8BrClOS/c1-2-13-8-6-4-3-5-7(12)9(6)14-10(8)11/h3-5H,2H2,1H3. The average molecular weight is 292 g/mol. The van der Waals surface area contributed by atoms with Crippen molar-refractivity contribution in [1.29, 1.82) is 0 Å². The fraction of sp³-hybridized carbons (Fsp3) is 0.200. The maximum Gasteiger partial charge on any atom is 0.152 e. The van der Waals surface area contributed by atoms with Crippen LogP contribution in [0.1, 0.15) is 6.92 Å². The third-order valence-electron chi connectivity index (χ3n) is 1.87. The Bertz CT molecular complexity index is 466. The maximum atomic E-state index is 6.08. The van der Waals surface area contributed by atoms with Crippen LogP contribution in [0, 0.1) is 0 Å². The van der Waals surface area contributed by atoms with E-state index >= 15 is 0 Å². The third kappa shape index (κ3) is 1.64. The minimum absolute atomic E-state index is 0.664. The molecular weight excluding hydrogens is 284 g/mol. The van der Waals surface area contributed by atoms with Crippen LogP contribution in [0.25, 0.3) is 10.1 Å². The van der Waals surface area contributed by atoms with Crippen molar-refractivity contribution in [1.82, 2.24) is 0 Å². The zero-order chi connectivity index (χ0) is 10.1. The highest BCUT2D eigenvalue weighted by atomic mass is 79.9. The van der Waals surface area contributed by atoms with Crippen LogP contribution < -0.4 is 4.74 Å². The predicted octanol–water partition coefficient (Wildman–Crippen LogP) is 4.72. The van der Waals surface area contributed by atoms with Gasteiger partial charge in [0.05, 0.1) is 16.3 Å². The minimum atomic E-state index is 0.664. The lowest BCUT2D eigenvalue weighted by Gasteiger charge is -2.01. The molecule has 4 heteroatoms. The van der Waals surface area contributed by atoms with E-state index in [1.807, 2.05) is 25.1 Å². The summed E-state index contributed by atoms with van der Waals surface area (Å²) in [4.78, 5) is 0. The number of thiophene rings is 1. The Balaban J connectivity index is 2.70. The summed E-state index contributed by atoms with van der Waals surface area (Å²) >= 11 is 11.2. The summed E-state index contributed by atoms with van der Waals surface area (Å²) in [7, 11) is 0. The summed E-state index contributed by atoms with van der Waals surface area (Å²) in [5, 5.41) is 1.86. The Morgan fingerprint density at radius 3 is 3.00 bits per heavy atom. The van der Waals surface area contributed by atoms with E-state index in [9.17, 15) is 0 Å². The minimum Gasteiger partial charge on any atom is -0.491 e. The van der Waals surface area contributed by atoms with Crippen molar-refractivity contribution in [2.75, 3.05) is 6.61 Å². The van der Waals surface area contributed by atoms with E-state index in [0.717, 1.165) is 24.6 Å². The molecule has 14 heavy (non-hydrogen) atoms. The Morgan fingerprint density at radius 1 is 1.50 bits per heavy atom. The first-order valence-electron chi connectivity index (χ1n) is 4.23. The molecular formula is C10H8BrClOS. The summed E-state index contributed by atoms with van der Waals surface area (Å²) in [5.74, 6) is 0.898. The van der Waals surface area contributed by atoms with E-state index in [0.29, 0.717) is 6.61 Å². The van der Waals surface area contributed by atoms with Crippen molar-refractivity contribution in [3.8, 4) is 5.75 Å². The van der Waals surface area contributed by atoms with E-state index in [-0.39, 0.29) is 0 Å². The zero-order valence-electron chi connectivity index (χ0n) is 7.51. The van der Waals surface area contributed by atoms with Crippen molar-refractivity contribution in [2.45, 2.75) is 6.92 Å². The molecule has 1 heterocycles. The second-order valence-electron chi connectivity index (χ2n) is 2.75. The van der Waals surface area contributed by atoms with Crippen LogP contribution in [0.15, 0.2) is 22.0 Å². The van der Waals surface area contributed by atoms with Gasteiger partial charge in [0.25, 0.3) is 0 Å². The van der Waals surface area contributed by atoms with Crippen LogP contribution in [0.3, 0.4) is 0 Å². The molecule has 0 atom stereocenters. The highest BCUT2D eigenvalue weighted by Gasteiger charge is 2.12. The van der Waals surface area contributed by atoms with Crippen LogP contribution in [0.4, 0.5) is 0 Å². The second kappa shape index (κ2) is 4.09. The topological polar surface area (TPSA) is 9.23 Å². The SMILES string of the molecule is CCOc1c(Br)sc2c(Cl)cccc12. The van der Waals surface area contributed by atoms with Crippen molar-refractivity contribution in [3.05, 3.63) is 27.0 Å². The van der Waals surface area contributed by atoms with Crippen molar-refractivity contribution >= 4 is 49.0 Å². The summed E-state index contributed by atoms with van der Waals surface area (Å²) in [5.41, 5.74) is 0. The van der Waals surface area contributed by atoms with Crippen LogP contribution in [-0.2, 0) is 0 Å². The third-order valence-corrected chi connectivity index (χ3v) is 4.15. The Hall–Kier alpha value is -0.250. The van der Waals surface area contributed by atoms with Gasteiger partial charge in [-0.05, 0) is 35.0 Å². The van der Waals surface area contributed by atoms with Gasteiger partial charge >= 0.3 is 0 Å². The molecule has 0 saturated heterocycles. The molecule has 0 radical (unpaired) electrons. The molecule has 2 rings (SSSR count). The summed E-state index contributed by atoms with van der Waals surface area (Å²) < 4.78 is 7.63. The number of fused-ring (bicyclic) bond motifs is 1. The van der Waals surface area contributed by atoms with E-state index in [4.69, 9.17) is 16.3 Å². The first kappa shape index (κ1) is 10.3. The van der Waals surface area contributed by atoms with Crippen LogP contribution >= 0.6 is 38.9 Å². The number of ether oxygens (including phenoxy) is 1. The molecule has 0 aliphatic heterocycles. The molecule has 2 aromatic rings. The van der Waals surface area contributed by atoms with Gasteiger partial charge in [-0.15, -0.1) is 11.3 Å². The van der Waals surface area contributed by atoms with Gasteiger partial charge < -0.3 is 4.74 Å². The van der Waals surface area contributed by atoms with Crippen molar-refractivity contribution in [2.24, 2.45) is 0 Å². The Kier molecular flexibility index (Phi) is 3.00. The second-order valence-corrected chi connectivity index (χ2v) is 5.50. The maximum absolute atomic E-state index is 6.08. The van der Waals surface area contributed by atoms with Crippen LogP contribution in [-0.4, -0.2) is 6.61 Å². The fourth-order valence-corrected chi connectivity index (χ4v) is 3.29. The molecule has 1 nitrogen and oxygen atoms in total. The molecule has 0 amide bonds. The van der Waals surface area contributed by atoms with Gasteiger partial charge in [0.15, 0.2) is 5.75 Å². The molecule has 0 N–H and O–H groups in total. The highest BCUT2D eigenvalue weighted by Crippen LogP contribution is 2.44. The van der Waals surface area contributed by atoms with Gasteiger partial charge in [-0.3, -0.25) is 0 Å². The molecule has 0 fully saturated rings. The average Bonchev–Trinajstić information content (AvgIpc) is 2.47. The number of rotatable bonds is 2. The summed E-state index contributed by atoms with van der Waals surface area (Å²) in [6.45, 7) is 2.64. The zero-order valence-corrected chi connectivity index (χ0v) is 10.7. The highest BCUT2D eigenvalue weighted by molar-refractivity contribution is 9.11. The lowest BCUT2D eigenvalue weighted by atomic mass is 10.2. The van der Waals surface area contributed by atoms with Gasteiger partial charge in [-0.2, -0.15) is 0 Å². The first-order chi connectivity index (χ1) is 6.74. The molecule has 0 unspecified atom stereocenters. The van der Waals surface area contributed by atoms with Gasteiger partial charge in [-0.25, -0.2) is 0 Å². The van der Waals surface area contributed by atoms with Crippen LogP contribution in [0.5, 0.6) is 5.75 Å². The van der Waals surface area contributed by atoms with Gasteiger partial charge in [0.2, 0.25) is 0 Å². The van der Waals surface area contributed by atoms with E-state index in [2.05, 4.69) is 15.9 Å². The van der Waals surface area contributed by atoms with Crippen molar-refractivity contribution in [3.63, 3.8) is 0 Å². The molecule has 1 aromatic heterocycles. The van der Waals surface area contributed by atoms with E-state index < -0.39 is 0 Å². The van der Waals surface area contributed by atoms with Gasteiger partial charge in [0, 0.05) is 5.39 Å². The summed E-state index contributed by atoms with van der Waals surface area (Å²) in [6, 6.07) is 5.85. The van der Waals surface area contributed by atoms with Gasteiger partial charge in [0.1, 0.15) is 3.79 Å². The molecule has 0 aliphatic rings. The first-order valence-corrected chi connectivity index (χ1v) is 6.22. The number of hydrogen-bond acceptors (Lipinski definition) is 2. The fourth-order valence-electron chi connectivity index (χ4n) is 1.31. The molecule has 0 saturated carbocycles. The van der Waals surface area contributed by atoms with Crippen LogP contribution in [0.2, 0.25) is 5.02 Å². The lowest BCUT2D eigenvalue weighted by Crippen LogP contribution is -1.90. The number of hydrogen-bond donors (Lipinski definition) is 0. The molecule has 1 aromatic carbocycles. The monoisotopic (exact) mass is 290 g/mol. The Labute approximate surface area is 99.8 Å². The van der Waals surface area contributed by atoms with Crippen molar-refractivity contribution < 1.29 is 4.74 Å². The van der Waals surface area contributed by atoms with E-state index in [1.165, 1.54) is 0 Å². The Morgan fingerprint density at radius 2 is 2.29 bits per heavy atom. The molecule has 0 aliphatic carbocycles. The molecule has 0 bridgehead atoms. The largest absolute Gasteiger partial charge is 0.491 e. The lowest BCUT2D eigenvalue weighted by molar-refractivity contribution is 0.344. The quantitative estimate of drug-likeness (QED) is 0.778. The number of halogens is 2. The van der Waals surface area contributed by atoms with E-state index in [1.54, 1.807) is 11.3 Å². The van der Waals surface area contributed by atoms with Gasteiger partial charge in [-0.1, -0.05) is 17.7 Å². The summed E-state index contributed by atoms with van der Waals surface area (Å²) in [6.07, 6.45) is 0. The molecule has 74 valence electrons. The normalized spacial score (nSPS) is 10.8. The molecule has 0 spiro atoms. The smallest absolute Gasteiger partial charge is 0.152 e.